The van der Waals surface area contributed by atoms with Gasteiger partial charge in [-0.2, -0.15) is 18.4 Å². The molecule has 1 aliphatic heterocycles. The molecule has 1 aromatic carbocycles. The Kier molecular flexibility index (Phi) is 7.72. The lowest BCUT2D eigenvalue weighted by Crippen LogP contribution is -2.50. The number of aromatic nitrogens is 1. The number of hydrogen-bond acceptors (Lipinski definition) is 6. The summed E-state index contributed by atoms with van der Waals surface area (Å²) < 4.78 is 51.5. The lowest BCUT2D eigenvalue weighted by atomic mass is 10.0. The van der Waals surface area contributed by atoms with E-state index in [0.29, 0.717) is 12.6 Å². The van der Waals surface area contributed by atoms with Gasteiger partial charge >= 0.3 is 12.3 Å². The van der Waals surface area contributed by atoms with Crippen LogP contribution < -0.4 is 0 Å². The summed E-state index contributed by atoms with van der Waals surface area (Å²) in [6.07, 6.45) is -4.09. The van der Waals surface area contributed by atoms with Crippen LogP contribution in [-0.2, 0) is 15.7 Å². The number of nitriles is 1. The zero-order chi connectivity index (χ0) is 26.0. The first-order chi connectivity index (χ1) is 16.2. The van der Waals surface area contributed by atoms with E-state index in [-0.39, 0.29) is 22.4 Å². The molecule has 0 N–H and O–H groups in total. The summed E-state index contributed by atoms with van der Waals surface area (Å²) >= 11 is 1.12. The molecule has 2 heterocycles. The molecule has 35 heavy (non-hydrogen) atoms. The SMILES string of the molecule is CC(C)(C)OC(=O)N1[C@@H](C[C@@H](Sc2cc(C(F)(F)F)cnc2C#N)c2ccccc2)COC1(C)C. The Labute approximate surface area is 207 Å². The molecule has 0 radical (unpaired) electrons. The monoisotopic (exact) mass is 507 g/mol. The van der Waals surface area contributed by atoms with Crippen LogP contribution in [-0.4, -0.2) is 40.0 Å². The normalized spacial score (nSPS) is 18.7. The van der Waals surface area contributed by atoms with Gasteiger partial charge in [0.05, 0.1) is 18.2 Å². The molecule has 3 rings (SSSR count). The van der Waals surface area contributed by atoms with Gasteiger partial charge in [-0.15, -0.1) is 11.8 Å². The fourth-order valence-electron chi connectivity index (χ4n) is 3.83. The molecule has 1 aliphatic rings. The minimum atomic E-state index is -4.59. The topological polar surface area (TPSA) is 75.5 Å². The highest BCUT2D eigenvalue weighted by Crippen LogP contribution is 2.44. The number of rotatable bonds is 5. The molecule has 0 unspecified atom stereocenters. The fraction of sp³-hybridized carbons (Fsp3) is 0.480. The number of alkyl halides is 3. The van der Waals surface area contributed by atoms with Crippen molar-refractivity contribution >= 4 is 17.9 Å². The number of amides is 1. The summed E-state index contributed by atoms with van der Waals surface area (Å²) in [6, 6.07) is 11.7. The van der Waals surface area contributed by atoms with Crippen molar-refractivity contribution in [1.82, 2.24) is 9.88 Å². The number of nitrogens with zero attached hydrogens (tertiary/aromatic N) is 3. The highest BCUT2D eigenvalue weighted by atomic mass is 32.2. The molecule has 0 saturated carbocycles. The van der Waals surface area contributed by atoms with Crippen LogP contribution in [0.25, 0.3) is 0 Å². The predicted molar refractivity (Wildman–Crippen MR) is 126 cm³/mol. The highest BCUT2D eigenvalue weighted by Gasteiger charge is 2.46. The third-order valence-corrected chi connectivity index (χ3v) is 6.69. The predicted octanol–water partition coefficient (Wildman–Crippen LogP) is 6.57. The number of ether oxygens (including phenoxy) is 2. The smallest absolute Gasteiger partial charge is 0.417 e. The Hall–Kier alpha value is -2.77. The lowest BCUT2D eigenvalue weighted by molar-refractivity contribution is -0.138. The van der Waals surface area contributed by atoms with E-state index in [1.165, 1.54) is 0 Å². The molecule has 1 amide bonds. The summed E-state index contributed by atoms with van der Waals surface area (Å²) in [5, 5.41) is 9.09. The van der Waals surface area contributed by atoms with E-state index in [4.69, 9.17) is 9.47 Å². The Morgan fingerprint density at radius 2 is 1.97 bits per heavy atom. The molecule has 1 fully saturated rings. The molecule has 2 aromatic rings. The van der Waals surface area contributed by atoms with Gasteiger partial charge in [-0.05, 0) is 52.7 Å². The molecule has 0 spiro atoms. The number of halogens is 3. The molecule has 0 bridgehead atoms. The van der Waals surface area contributed by atoms with Gasteiger partial charge in [0.1, 0.15) is 17.4 Å². The summed E-state index contributed by atoms with van der Waals surface area (Å²) in [5.74, 6) is 0. The van der Waals surface area contributed by atoms with Gasteiger partial charge in [-0.1, -0.05) is 30.3 Å². The molecular weight excluding hydrogens is 479 g/mol. The minimum Gasteiger partial charge on any atom is -0.444 e. The minimum absolute atomic E-state index is 0.0871. The molecule has 0 aliphatic carbocycles. The number of carbonyl (C=O) groups is 1. The number of pyridine rings is 1. The van der Waals surface area contributed by atoms with Crippen LogP contribution in [0.5, 0.6) is 0 Å². The second kappa shape index (κ2) is 10.1. The van der Waals surface area contributed by atoms with E-state index in [2.05, 4.69) is 4.98 Å². The van der Waals surface area contributed by atoms with E-state index in [1.807, 2.05) is 36.4 Å². The first kappa shape index (κ1) is 26.8. The maximum absolute atomic E-state index is 13.3. The van der Waals surface area contributed by atoms with E-state index >= 15 is 0 Å². The van der Waals surface area contributed by atoms with Crippen LogP contribution in [0, 0.1) is 11.3 Å². The average molecular weight is 508 g/mol. The van der Waals surface area contributed by atoms with Crippen molar-refractivity contribution in [3.63, 3.8) is 0 Å². The molecule has 6 nitrogen and oxygen atoms in total. The first-order valence-corrected chi connectivity index (χ1v) is 11.9. The largest absolute Gasteiger partial charge is 0.444 e. The van der Waals surface area contributed by atoms with Gasteiger partial charge in [0.2, 0.25) is 0 Å². The number of hydrogen-bond donors (Lipinski definition) is 0. The molecule has 10 heteroatoms. The van der Waals surface area contributed by atoms with Crippen molar-refractivity contribution in [2.75, 3.05) is 6.61 Å². The Morgan fingerprint density at radius 3 is 2.54 bits per heavy atom. The van der Waals surface area contributed by atoms with Crippen LogP contribution >= 0.6 is 11.8 Å². The molecule has 1 saturated heterocycles. The second-order valence-corrected chi connectivity index (χ2v) is 10.9. The third-order valence-electron chi connectivity index (χ3n) is 5.38. The maximum Gasteiger partial charge on any atom is 0.417 e. The van der Waals surface area contributed by atoms with Gasteiger partial charge < -0.3 is 9.47 Å². The van der Waals surface area contributed by atoms with E-state index in [0.717, 1.165) is 23.4 Å². The van der Waals surface area contributed by atoms with E-state index in [9.17, 15) is 23.2 Å². The van der Waals surface area contributed by atoms with Crippen molar-refractivity contribution in [2.45, 2.75) is 74.7 Å². The van der Waals surface area contributed by atoms with Crippen molar-refractivity contribution in [3.05, 3.63) is 59.4 Å². The zero-order valence-corrected chi connectivity index (χ0v) is 21.0. The molecule has 1 aromatic heterocycles. The first-order valence-electron chi connectivity index (χ1n) is 11.1. The Balaban J connectivity index is 1.96. The number of benzene rings is 1. The van der Waals surface area contributed by atoms with Crippen molar-refractivity contribution in [3.8, 4) is 6.07 Å². The zero-order valence-electron chi connectivity index (χ0n) is 20.2. The standard InChI is InChI=1S/C25H28F3N3O3S/c1-23(2,3)34-22(32)31-18(15-33-24(31,4)5)12-20(16-9-7-6-8-10-16)35-21-11-17(25(26,27)28)14-30-19(21)13-29/h6-11,14,18,20H,12,15H2,1-5H3/t18-,20+/m0/s1. The Morgan fingerprint density at radius 1 is 1.31 bits per heavy atom. The number of carbonyl (C=O) groups excluding carboxylic acids is 1. The third kappa shape index (κ3) is 6.67. The van der Waals surface area contributed by atoms with Crippen LogP contribution in [0.1, 0.15) is 63.1 Å². The quantitative estimate of drug-likeness (QED) is 0.426. The fourth-order valence-corrected chi connectivity index (χ4v) is 5.15. The van der Waals surface area contributed by atoms with Gasteiger partial charge in [0.25, 0.3) is 0 Å². The van der Waals surface area contributed by atoms with E-state index in [1.54, 1.807) is 39.5 Å². The van der Waals surface area contributed by atoms with Gasteiger partial charge in [0.15, 0.2) is 5.69 Å². The Bertz CT molecular complexity index is 1100. The summed E-state index contributed by atoms with van der Waals surface area (Å²) in [4.78, 5) is 18.5. The van der Waals surface area contributed by atoms with Crippen molar-refractivity contribution < 1.29 is 27.4 Å². The summed E-state index contributed by atoms with van der Waals surface area (Å²) in [7, 11) is 0. The van der Waals surface area contributed by atoms with E-state index < -0.39 is 35.2 Å². The summed E-state index contributed by atoms with van der Waals surface area (Å²) in [5.41, 5.74) is -1.80. The molecular formula is C25H28F3N3O3S. The van der Waals surface area contributed by atoms with Crippen LogP contribution in [0.15, 0.2) is 47.5 Å². The highest BCUT2D eigenvalue weighted by molar-refractivity contribution is 7.99. The van der Waals surface area contributed by atoms with Crippen molar-refractivity contribution in [1.29, 1.82) is 5.26 Å². The maximum atomic E-state index is 13.3. The molecule has 2 atom stereocenters. The van der Waals surface area contributed by atoms with Gasteiger partial charge in [0, 0.05) is 16.3 Å². The second-order valence-electron chi connectivity index (χ2n) is 9.70. The average Bonchev–Trinajstić information content (AvgIpc) is 3.06. The van der Waals surface area contributed by atoms with Gasteiger partial charge in [-0.25, -0.2) is 9.78 Å². The van der Waals surface area contributed by atoms with Crippen LogP contribution in [0.4, 0.5) is 18.0 Å². The van der Waals surface area contributed by atoms with Crippen LogP contribution in [0.2, 0.25) is 0 Å². The van der Waals surface area contributed by atoms with Crippen LogP contribution in [0.3, 0.4) is 0 Å². The van der Waals surface area contributed by atoms with Gasteiger partial charge in [-0.3, -0.25) is 4.90 Å². The molecule has 188 valence electrons. The summed E-state index contributed by atoms with van der Waals surface area (Å²) in [6.45, 7) is 9.10. The number of thioether (sulfide) groups is 1. The van der Waals surface area contributed by atoms with Crippen molar-refractivity contribution in [2.24, 2.45) is 0 Å². The lowest BCUT2D eigenvalue weighted by Gasteiger charge is -2.36.